The van der Waals surface area contributed by atoms with Gasteiger partial charge in [-0.1, -0.05) is 18.5 Å². The Kier molecular flexibility index (Phi) is 5.56. The molecular formula is C19H23ClN4O. The molecule has 2 heterocycles. The van der Waals surface area contributed by atoms with Crippen LogP contribution >= 0.6 is 11.6 Å². The second-order valence-corrected chi connectivity index (χ2v) is 6.67. The highest BCUT2D eigenvalue weighted by Gasteiger charge is 2.17. The van der Waals surface area contributed by atoms with E-state index in [1.165, 1.54) is 0 Å². The van der Waals surface area contributed by atoms with Crippen LogP contribution in [0.5, 0.6) is 0 Å². The van der Waals surface area contributed by atoms with Crippen LogP contribution in [0, 0.1) is 6.92 Å². The Labute approximate surface area is 153 Å². The summed E-state index contributed by atoms with van der Waals surface area (Å²) in [5.41, 5.74) is 3.14. The molecule has 0 bridgehead atoms. The molecule has 1 aromatic heterocycles. The summed E-state index contributed by atoms with van der Waals surface area (Å²) in [7, 11) is 0. The van der Waals surface area contributed by atoms with Crippen molar-refractivity contribution in [2.24, 2.45) is 0 Å². The average Bonchev–Trinajstić information content (AvgIpc) is 2.64. The SMILES string of the molecule is CCN1CCN(c2ccnc(C(=O)Nc3ccc(Cl)cc3C)c2)CC1. The Balaban J connectivity index is 1.71. The quantitative estimate of drug-likeness (QED) is 0.909. The van der Waals surface area contributed by atoms with Crippen molar-refractivity contribution in [1.29, 1.82) is 0 Å². The zero-order valence-corrected chi connectivity index (χ0v) is 15.4. The highest BCUT2D eigenvalue weighted by molar-refractivity contribution is 6.30. The molecule has 3 rings (SSSR count). The van der Waals surface area contributed by atoms with Gasteiger partial charge in [-0.05, 0) is 49.4 Å². The molecule has 1 fully saturated rings. The van der Waals surface area contributed by atoms with Crippen molar-refractivity contribution in [1.82, 2.24) is 9.88 Å². The summed E-state index contributed by atoms with van der Waals surface area (Å²) in [4.78, 5) is 21.5. The largest absolute Gasteiger partial charge is 0.369 e. The number of pyridine rings is 1. The van der Waals surface area contributed by atoms with Crippen LogP contribution in [0.1, 0.15) is 23.0 Å². The van der Waals surface area contributed by atoms with Crippen LogP contribution in [0.3, 0.4) is 0 Å². The van der Waals surface area contributed by atoms with Gasteiger partial charge in [0.05, 0.1) is 0 Å². The molecule has 0 radical (unpaired) electrons. The number of hydrogen-bond acceptors (Lipinski definition) is 4. The fourth-order valence-electron chi connectivity index (χ4n) is 3.02. The van der Waals surface area contributed by atoms with Gasteiger partial charge in [0.15, 0.2) is 0 Å². The van der Waals surface area contributed by atoms with Gasteiger partial charge < -0.3 is 15.1 Å². The van der Waals surface area contributed by atoms with Crippen molar-refractivity contribution in [2.45, 2.75) is 13.8 Å². The summed E-state index contributed by atoms with van der Waals surface area (Å²) in [6.07, 6.45) is 1.70. The molecule has 1 saturated heterocycles. The van der Waals surface area contributed by atoms with E-state index in [1.807, 2.05) is 31.2 Å². The third-order valence-corrected chi connectivity index (χ3v) is 4.83. The normalized spacial score (nSPS) is 15.2. The number of rotatable bonds is 4. The van der Waals surface area contributed by atoms with Gasteiger partial charge in [-0.15, -0.1) is 0 Å². The van der Waals surface area contributed by atoms with E-state index in [-0.39, 0.29) is 5.91 Å². The number of carbonyl (C=O) groups excluding carboxylic acids is 1. The number of nitrogens with zero attached hydrogens (tertiary/aromatic N) is 3. The van der Waals surface area contributed by atoms with Gasteiger partial charge in [-0.3, -0.25) is 9.78 Å². The Morgan fingerprint density at radius 3 is 2.64 bits per heavy atom. The molecule has 1 aliphatic rings. The van der Waals surface area contributed by atoms with E-state index >= 15 is 0 Å². The smallest absolute Gasteiger partial charge is 0.274 e. The third-order valence-electron chi connectivity index (χ3n) is 4.60. The maximum atomic E-state index is 12.6. The van der Waals surface area contributed by atoms with Crippen molar-refractivity contribution < 1.29 is 4.79 Å². The molecular weight excluding hydrogens is 336 g/mol. The molecule has 1 N–H and O–H groups in total. The van der Waals surface area contributed by atoms with Gasteiger partial charge in [-0.2, -0.15) is 0 Å². The number of hydrogen-bond donors (Lipinski definition) is 1. The zero-order chi connectivity index (χ0) is 17.8. The van der Waals surface area contributed by atoms with E-state index in [4.69, 9.17) is 11.6 Å². The maximum absolute atomic E-state index is 12.6. The summed E-state index contributed by atoms with van der Waals surface area (Å²) in [6, 6.07) is 9.23. The lowest BCUT2D eigenvalue weighted by molar-refractivity contribution is 0.102. The van der Waals surface area contributed by atoms with Crippen LogP contribution in [-0.4, -0.2) is 48.5 Å². The molecule has 0 aliphatic carbocycles. The van der Waals surface area contributed by atoms with E-state index in [1.54, 1.807) is 12.3 Å². The number of likely N-dealkylation sites (N-methyl/N-ethyl adjacent to an activating group) is 1. The van der Waals surface area contributed by atoms with Gasteiger partial charge in [0, 0.05) is 48.8 Å². The molecule has 1 aliphatic heterocycles. The number of benzene rings is 1. The van der Waals surface area contributed by atoms with Crippen LogP contribution < -0.4 is 10.2 Å². The van der Waals surface area contributed by atoms with Gasteiger partial charge in [0.1, 0.15) is 5.69 Å². The molecule has 25 heavy (non-hydrogen) atoms. The first kappa shape index (κ1) is 17.7. The highest BCUT2D eigenvalue weighted by atomic mass is 35.5. The number of aromatic nitrogens is 1. The minimum atomic E-state index is -0.209. The molecule has 132 valence electrons. The Bertz CT molecular complexity index is 757. The highest BCUT2D eigenvalue weighted by Crippen LogP contribution is 2.21. The summed E-state index contributed by atoms with van der Waals surface area (Å²) < 4.78 is 0. The van der Waals surface area contributed by atoms with Crippen molar-refractivity contribution in [3.63, 3.8) is 0 Å². The molecule has 6 heteroatoms. The minimum Gasteiger partial charge on any atom is -0.369 e. The number of halogens is 1. The Morgan fingerprint density at radius 1 is 1.20 bits per heavy atom. The van der Waals surface area contributed by atoms with Crippen LogP contribution in [0.25, 0.3) is 0 Å². The Morgan fingerprint density at radius 2 is 1.96 bits per heavy atom. The lowest BCUT2D eigenvalue weighted by Gasteiger charge is -2.35. The topological polar surface area (TPSA) is 48.5 Å². The monoisotopic (exact) mass is 358 g/mol. The number of piperazine rings is 1. The van der Waals surface area contributed by atoms with E-state index in [0.29, 0.717) is 10.7 Å². The predicted octanol–water partition coefficient (Wildman–Crippen LogP) is 3.44. The first-order valence-corrected chi connectivity index (χ1v) is 8.95. The minimum absolute atomic E-state index is 0.209. The number of carbonyl (C=O) groups is 1. The Hall–Kier alpha value is -2.11. The summed E-state index contributed by atoms with van der Waals surface area (Å²) >= 11 is 5.96. The van der Waals surface area contributed by atoms with Crippen LogP contribution in [0.4, 0.5) is 11.4 Å². The van der Waals surface area contributed by atoms with Crippen LogP contribution in [0.2, 0.25) is 5.02 Å². The molecule has 1 aromatic carbocycles. The summed E-state index contributed by atoms with van der Waals surface area (Å²) in [6.45, 7) is 9.21. The van der Waals surface area contributed by atoms with Gasteiger partial charge in [0.25, 0.3) is 5.91 Å². The number of aryl methyl sites for hydroxylation is 1. The van der Waals surface area contributed by atoms with Crippen LogP contribution in [0.15, 0.2) is 36.5 Å². The second-order valence-electron chi connectivity index (χ2n) is 6.23. The molecule has 1 amide bonds. The maximum Gasteiger partial charge on any atom is 0.274 e. The summed E-state index contributed by atoms with van der Waals surface area (Å²) in [5, 5.41) is 3.57. The molecule has 5 nitrogen and oxygen atoms in total. The van der Waals surface area contributed by atoms with Crippen molar-refractivity contribution in [2.75, 3.05) is 42.9 Å². The van der Waals surface area contributed by atoms with Crippen molar-refractivity contribution in [3.05, 3.63) is 52.8 Å². The van der Waals surface area contributed by atoms with E-state index in [2.05, 4.69) is 27.0 Å². The standard InChI is InChI=1S/C19H23ClN4O/c1-3-23-8-10-24(11-9-23)16-6-7-21-18(13-16)19(25)22-17-5-4-15(20)12-14(17)2/h4-7,12-13H,3,8-11H2,1-2H3,(H,22,25). The van der Waals surface area contributed by atoms with Crippen LogP contribution in [-0.2, 0) is 0 Å². The van der Waals surface area contributed by atoms with Gasteiger partial charge in [0.2, 0.25) is 0 Å². The lowest BCUT2D eigenvalue weighted by Crippen LogP contribution is -2.46. The van der Waals surface area contributed by atoms with Crippen molar-refractivity contribution in [3.8, 4) is 0 Å². The first-order chi connectivity index (χ1) is 12.1. The molecule has 0 saturated carbocycles. The van der Waals surface area contributed by atoms with Gasteiger partial charge in [-0.25, -0.2) is 0 Å². The fourth-order valence-corrected chi connectivity index (χ4v) is 3.24. The molecule has 0 spiro atoms. The predicted molar refractivity (Wildman–Crippen MR) is 103 cm³/mol. The molecule has 0 atom stereocenters. The number of nitrogens with one attached hydrogen (secondary N) is 1. The number of anilines is 2. The average molecular weight is 359 g/mol. The fraction of sp³-hybridized carbons (Fsp3) is 0.368. The summed E-state index contributed by atoms with van der Waals surface area (Å²) in [5.74, 6) is -0.209. The van der Waals surface area contributed by atoms with E-state index in [0.717, 1.165) is 49.7 Å². The van der Waals surface area contributed by atoms with Gasteiger partial charge >= 0.3 is 0 Å². The van der Waals surface area contributed by atoms with E-state index in [9.17, 15) is 4.79 Å². The number of amides is 1. The molecule has 0 unspecified atom stereocenters. The zero-order valence-electron chi connectivity index (χ0n) is 14.6. The molecule has 2 aromatic rings. The van der Waals surface area contributed by atoms with E-state index < -0.39 is 0 Å². The lowest BCUT2D eigenvalue weighted by atomic mass is 10.2. The van der Waals surface area contributed by atoms with Crippen molar-refractivity contribution >= 4 is 28.9 Å². The second kappa shape index (κ2) is 7.85. The first-order valence-electron chi connectivity index (χ1n) is 8.57. The third kappa shape index (κ3) is 4.30.